The molecule has 0 unspecified atom stereocenters. The van der Waals surface area contributed by atoms with Crippen LogP contribution < -0.4 is 0 Å². The molecule has 0 aliphatic carbocycles. The SMILES string of the molecule is Brc1cc(Br)cc(-c2cc(-c3ccc(-c4ccccc4)cc3)nc(-n3c4ccccc4c4cc(-c5ccccc5)ccc43)n2)c1. The summed E-state index contributed by atoms with van der Waals surface area (Å²) in [6.07, 6.45) is 0. The van der Waals surface area contributed by atoms with Gasteiger partial charge in [-0.15, -0.1) is 0 Å². The Labute approximate surface area is 278 Å². The molecule has 8 aromatic rings. The van der Waals surface area contributed by atoms with E-state index in [1.807, 2.05) is 12.1 Å². The normalized spacial score (nSPS) is 11.3. The third kappa shape index (κ3) is 5.28. The van der Waals surface area contributed by atoms with E-state index in [-0.39, 0.29) is 0 Å². The average molecular weight is 707 g/mol. The maximum atomic E-state index is 5.23. The molecule has 0 atom stereocenters. The van der Waals surface area contributed by atoms with Crippen molar-refractivity contribution in [3.05, 3.63) is 161 Å². The number of halogens is 2. The van der Waals surface area contributed by atoms with Crippen LogP contribution in [0.3, 0.4) is 0 Å². The maximum Gasteiger partial charge on any atom is 0.235 e. The second kappa shape index (κ2) is 11.6. The Kier molecular flexibility index (Phi) is 7.13. The monoisotopic (exact) mass is 705 g/mol. The van der Waals surface area contributed by atoms with Gasteiger partial charge < -0.3 is 0 Å². The van der Waals surface area contributed by atoms with E-state index in [1.54, 1.807) is 0 Å². The molecular formula is C40H25Br2N3. The van der Waals surface area contributed by atoms with Gasteiger partial charge in [-0.25, -0.2) is 9.97 Å². The molecule has 0 N–H and O–H groups in total. The zero-order chi connectivity index (χ0) is 30.3. The van der Waals surface area contributed by atoms with Crippen LogP contribution >= 0.6 is 31.9 Å². The number of benzene rings is 6. The van der Waals surface area contributed by atoms with E-state index in [0.717, 1.165) is 42.5 Å². The first kappa shape index (κ1) is 27.7. The lowest BCUT2D eigenvalue weighted by Crippen LogP contribution is -2.04. The lowest BCUT2D eigenvalue weighted by atomic mass is 10.0. The van der Waals surface area contributed by atoms with Crippen LogP contribution in [-0.2, 0) is 0 Å². The third-order valence-electron chi connectivity index (χ3n) is 8.14. The van der Waals surface area contributed by atoms with Crippen molar-refractivity contribution in [2.75, 3.05) is 0 Å². The van der Waals surface area contributed by atoms with E-state index in [4.69, 9.17) is 9.97 Å². The summed E-state index contributed by atoms with van der Waals surface area (Å²) in [6.45, 7) is 0. The lowest BCUT2D eigenvalue weighted by molar-refractivity contribution is 0.995. The second-order valence-electron chi connectivity index (χ2n) is 11.0. The summed E-state index contributed by atoms with van der Waals surface area (Å²) in [7, 11) is 0. The first-order valence-corrected chi connectivity index (χ1v) is 16.3. The van der Waals surface area contributed by atoms with Crippen LogP contribution in [0.5, 0.6) is 0 Å². The zero-order valence-corrected chi connectivity index (χ0v) is 27.2. The van der Waals surface area contributed by atoms with Crippen LogP contribution in [0, 0.1) is 0 Å². The minimum atomic E-state index is 0.629. The summed E-state index contributed by atoms with van der Waals surface area (Å²) < 4.78 is 4.15. The Morgan fingerprint density at radius 2 is 0.889 bits per heavy atom. The fourth-order valence-electron chi connectivity index (χ4n) is 5.99. The molecule has 45 heavy (non-hydrogen) atoms. The first-order chi connectivity index (χ1) is 22.1. The molecule has 5 heteroatoms. The molecule has 2 heterocycles. The predicted octanol–water partition coefficient (Wildman–Crippen LogP) is 11.8. The number of nitrogens with zero attached hydrogens (tertiary/aromatic N) is 3. The summed E-state index contributed by atoms with van der Waals surface area (Å²) in [6, 6.07) is 53.0. The highest BCUT2D eigenvalue weighted by molar-refractivity contribution is 9.11. The van der Waals surface area contributed by atoms with Crippen molar-refractivity contribution in [1.29, 1.82) is 0 Å². The molecule has 8 rings (SSSR count). The molecule has 0 saturated carbocycles. The smallest absolute Gasteiger partial charge is 0.235 e. The van der Waals surface area contributed by atoms with Crippen LogP contribution in [0.25, 0.3) is 72.5 Å². The molecule has 0 bridgehead atoms. The van der Waals surface area contributed by atoms with Crippen LogP contribution in [0.4, 0.5) is 0 Å². The average Bonchev–Trinajstić information content (AvgIpc) is 3.42. The summed E-state index contributed by atoms with van der Waals surface area (Å²) >= 11 is 7.35. The zero-order valence-electron chi connectivity index (χ0n) is 24.0. The quantitative estimate of drug-likeness (QED) is 0.178. The molecule has 3 nitrogen and oxygen atoms in total. The molecule has 0 radical (unpaired) electrons. The molecule has 0 amide bonds. The van der Waals surface area contributed by atoms with Crippen LogP contribution in [0.2, 0.25) is 0 Å². The Bertz CT molecular complexity index is 2310. The Morgan fingerprint density at radius 3 is 1.58 bits per heavy atom. The number of hydrogen-bond donors (Lipinski definition) is 0. The van der Waals surface area contributed by atoms with Crippen molar-refractivity contribution in [3.8, 4) is 50.7 Å². The van der Waals surface area contributed by atoms with E-state index in [0.29, 0.717) is 5.95 Å². The maximum absolute atomic E-state index is 5.23. The van der Waals surface area contributed by atoms with Gasteiger partial charge in [-0.1, -0.05) is 141 Å². The van der Waals surface area contributed by atoms with Gasteiger partial charge >= 0.3 is 0 Å². The molecule has 0 saturated heterocycles. The van der Waals surface area contributed by atoms with Crippen molar-refractivity contribution in [2.24, 2.45) is 0 Å². The standard InChI is InChI=1S/C40H25Br2N3/c41-32-21-31(22-33(42)24-32)37-25-36(29-17-15-28(16-18-29)26-9-3-1-4-10-26)43-40(44-37)45-38-14-8-7-13-34(38)35-23-30(19-20-39(35)45)27-11-5-2-6-12-27/h1-25H. The number of para-hydroxylation sites is 1. The predicted molar refractivity (Wildman–Crippen MR) is 194 cm³/mol. The summed E-state index contributed by atoms with van der Waals surface area (Å²) in [5, 5.41) is 2.33. The Balaban J connectivity index is 1.35. The minimum absolute atomic E-state index is 0.629. The van der Waals surface area contributed by atoms with Gasteiger partial charge in [-0.2, -0.15) is 0 Å². The van der Waals surface area contributed by atoms with Crippen molar-refractivity contribution in [3.63, 3.8) is 0 Å². The molecule has 6 aromatic carbocycles. The van der Waals surface area contributed by atoms with Gasteiger partial charge in [0.25, 0.3) is 0 Å². The molecule has 0 aliphatic rings. The van der Waals surface area contributed by atoms with E-state index in [9.17, 15) is 0 Å². The number of aromatic nitrogens is 3. The van der Waals surface area contributed by atoms with Gasteiger partial charge in [0.15, 0.2) is 0 Å². The highest BCUT2D eigenvalue weighted by atomic mass is 79.9. The summed E-state index contributed by atoms with van der Waals surface area (Å²) in [4.78, 5) is 10.4. The van der Waals surface area contributed by atoms with E-state index < -0.39 is 0 Å². The highest BCUT2D eigenvalue weighted by Gasteiger charge is 2.18. The van der Waals surface area contributed by atoms with Crippen LogP contribution in [0.1, 0.15) is 0 Å². The third-order valence-corrected chi connectivity index (χ3v) is 9.06. The van der Waals surface area contributed by atoms with Crippen molar-refractivity contribution in [2.45, 2.75) is 0 Å². The molecule has 214 valence electrons. The fraction of sp³-hybridized carbons (Fsp3) is 0. The van der Waals surface area contributed by atoms with E-state index >= 15 is 0 Å². The second-order valence-corrected chi connectivity index (χ2v) is 12.8. The van der Waals surface area contributed by atoms with Gasteiger partial charge in [0.2, 0.25) is 5.95 Å². The molecule has 0 aliphatic heterocycles. The Hall–Kier alpha value is -4.84. The lowest BCUT2D eigenvalue weighted by Gasteiger charge is -2.13. The van der Waals surface area contributed by atoms with Gasteiger partial charge in [0, 0.05) is 30.8 Å². The van der Waals surface area contributed by atoms with Crippen LogP contribution in [-0.4, -0.2) is 14.5 Å². The van der Waals surface area contributed by atoms with Gasteiger partial charge in [-0.3, -0.25) is 4.57 Å². The molecule has 0 fully saturated rings. The molecular weight excluding hydrogens is 682 g/mol. The van der Waals surface area contributed by atoms with E-state index in [2.05, 4.69) is 176 Å². The first-order valence-electron chi connectivity index (χ1n) is 14.7. The summed E-state index contributed by atoms with van der Waals surface area (Å²) in [5.41, 5.74) is 10.6. The van der Waals surface area contributed by atoms with Gasteiger partial charge in [0.1, 0.15) is 0 Å². The fourth-order valence-corrected chi connectivity index (χ4v) is 7.29. The van der Waals surface area contributed by atoms with Gasteiger partial charge in [-0.05, 0) is 64.7 Å². The number of hydrogen-bond acceptors (Lipinski definition) is 2. The molecule has 2 aromatic heterocycles. The number of fused-ring (bicyclic) bond motifs is 3. The minimum Gasteiger partial charge on any atom is -0.278 e. The topological polar surface area (TPSA) is 30.7 Å². The van der Waals surface area contributed by atoms with Crippen molar-refractivity contribution < 1.29 is 0 Å². The highest BCUT2D eigenvalue weighted by Crippen LogP contribution is 2.36. The molecule has 0 spiro atoms. The Morgan fingerprint density at radius 1 is 0.378 bits per heavy atom. The van der Waals surface area contributed by atoms with Gasteiger partial charge in [0.05, 0.1) is 22.4 Å². The number of rotatable bonds is 5. The van der Waals surface area contributed by atoms with E-state index in [1.165, 1.54) is 33.0 Å². The van der Waals surface area contributed by atoms with Crippen molar-refractivity contribution in [1.82, 2.24) is 14.5 Å². The van der Waals surface area contributed by atoms with Crippen LogP contribution in [0.15, 0.2) is 161 Å². The summed E-state index contributed by atoms with van der Waals surface area (Å²) in [5.74, 6) is 0.629. The largest absolute Gasteiger partial charge is 0.278 e. The van der Waals surface area contributed by atoms with Crippen molar-refractivity contribution >= 4 is 53.7 Å².